The van der Waals surface area contributed by atoms with Crippen LogP contribution in [0.1, 0.15) is 42.3 Å². The molecule has 1 heterocycles. The van der Waals surface area contributed by atoms with Crippen molar-refractivity contribution in [3.05, 3.63) is 89.5 Å². The van der Waals surface area contributed by atoms with Gasteiger partial charge >= 0.3 is 5.97 Å². The molecule has 1 atom stereocenters. The van der Waals surface area contributed by atoms with Gasteiger partial charge in [-0.15, -0.1) is 0 Å². The predicted octanol–water partition coefficient (Wildman–Crippen LogP) is 4.76. The maximum atomic E-state index is 13.2. The van der Waals surface area contributed by atoms with E-state index in [4.69, 9.17) is 4.74 Å². The average molecular weight is 513 g/mol. The summed E-state index contributed by atoms with van der Waals surface area (Å²) in [6.07, 6.45) is 0. The number of benzene rings is 3. The van der Waals surface area contributed by atoms with E-state index in [2.05, 4.69) is 16.0 Å². The van der Waals surface area contributed by atoms with Crippen molar-refractivity contribution in [1.29, 1.82) is 0 Å². The fourth-order valence-electron chi connectivity index (χ4n) is 4.30. The van der Waals surface area contributed by atoms with Crippen LogP contribution in [-0.4, -0.2) is 44.0 Å². The van der Waals surface area contributed by atoms with E-state index >= 15 is 0 Å². The van der Waals surface area contributed by atoms with Crippen LogP contribution in [0.15, 0.2) is 72.8 Å². The molecule has 8 nitrogen and oxygen atoms in total. The van der Waals surface area contributed by atoms with E-state index in [9.17, 15) is 14.4 Å². The molecule has 0 spiro atoms. The summed E-state index contributed by atoms with van der Waals surface area (Å²) in [6, 6.07) is 22.3. The number of fused-ring (bicyclic) bond motifs is 1. The fourth-order valence-corrected chi connectivity index (χ4v) is 4.30. The van der Waals surface area contributed by atoms with E-state index in [-0.39, 0.29) is 24.5 Å². The van der Waals surface area contributed by atoms with Crippen LogP contribution < -0.4 is 20.9 Å². The summed E-state index contributed by atoms with van der Waals surface area (Å²) in [5.74, 6) is -0.749. The van der Waals surface area contributed by atoms with Gasteiger partial charge in [-0.1, -0.05) is 36.4 Å². The third kappa shape index (κ3) is 5.76. The van der Waals surface area contributed by atoms with Crippen LogP contribution >= 0.6 is 0 Å². The number of carbonyl (C=O) groups is 3. The average Bonchev–Trinajstić information content (AvgIpc) is 3.25. The number of hydrogen-bond acceptors (Lipinski definition) is 6. The Morgan fingerprint density at radius 1 is 1.00 bits per heavy atom. The van der Waals surface area contributed by atoms with Crippen LogP contribution in [0, 0.1) is 0 Å². The first-order valence-electron chi connectivity index (χ1n) is 12.6. The summed E-state index contributed by atoms with van der Waals surface area (Å²) in [7, 11) is 1.86. The molecule has 0 aromatic heterocycles. The second kappa shape index (κ2) is 11.7. The maximum Gasteiger partial charge on any atom is 0.338 e. The van der Waals surface area contributed by atoms with Crippen molar-refractivity contribution in [3.63, 3.8) is 0 Å². The van der Waals surface area contributed by atoms with Gasteiger partial charge in [-0.05, 0) is 62.9 Å². The number of carbonyl (C=O) groups excluding carboxylic acids is 3. The molecule has 3 N–H and O–H groups in total. The van der Waals surface area contributed by atoms with Gasteiger partial charge in [0, 0.05) is 36.4 Å². The highest BCUT2D eigenvalue weighted by Gasteiger charge is 2.29. The van der Waals surface area contributed by atoms with Gasteiger partial charge in [-0.3, -0.25) is 9.59 Å². The molecule has 2 amide bonds. The third-order valence-electron chi connectivity index (χ3n) is 6.37. The monoisotopic (exact) mass is 512 g/mol. The smallest absolute Gasteiger partial charge is 0.338 e. The summed E-state index contributed by atoms with van der Waals surface area (Å²) in [6.45, 7) is 6.13. The summed E-state index contributed by atoms with van der Waals surface area (Å²) in [5, 5.41) is 9.47. The minimum Gasteiger partial charge on any atom is -0.462 e. The summed E-state index contributed by atoms with van der Waals surface area (Å²) >= 11 is 0. The number of anilines is 3. The van der Waals surface area contributed by atoms with Crippen molar-refractivity contribution in [2.45, 2.75) is 26.8 Å². The quantitative estimate of drug-likeness (QED) is 0.283. The van der Waals surface area contributed by atoms with Gasteiger partial charge < -0.3 is 25.6 Å². The van der Waals surface area contributed by atoms with Crippen molar-refractivity contribution in [3.8, 4) is 0 Å². The van der Waals surface area contributed by atoms with Crippen molar-refractivity contribution in [1.82, 2.24) is 5.32 Å². The molecule has 1 aliphatic rings. The molecule has 38 heavy (non-hydrogen) atoms. The first kappa shape index (κ1) is 26.6. The number of nitrogens with zero attached hydrogens (tertiary/aromatic N) is 1. The third-order valence-corrected chi connectivity index (χ3v) is 6.37. The van der Waals surface area contributed by atoms with E-state index in [0.29, 0.717) is 34.6 Å². The molecule has 196 valence electrons. The molecule has 0 aliphatic carbocycles. The Bertz CT molecular complexity index is 1370. The molecule has 0 saturated carbocycles. The standard InChI is InChI=1S/C30H32N4O4/c1-5-38-30(37)22-11-16-25-26(17-22)33-29(36)27(25)28(21-9-7-6-8-10-21)32-23-12-14-24(15-13-23)34(20(3)35)18-19(2)31-4/h6-17,19,31-32H,5,18H2,1-4H3,(H,33,36)/b28-27-. The molecule has 1 unspecified atom stereocenters. The Hall–Kier alpha value is -4.43. The zero-order valence-corrected chi connectivity index (χ0v) is 22.0. The molecule has 3 aromatic rings. The van der Waals surface area contributed by atoms with Gasteiger partial charge in [0.05, 0.1) is 29.1 Å². The van der Waals surface area contributed by atoms with Crippen LogP contribution in [0.2, 0.25) is 0 Å². The summed E-state index contributed by atoms with van der Waals surface area (Å²) in [5.41, 5.74) is 5.09. The van der Waals surface area contributed by atoms with Crippen LogP contribution in [0.3, 0.4) is 0 Å². The Kier molecular flexibility index (Phi) is 8.23. The number of nitrogens with one attached hydrogen (secondary N) is 3. The van der Waals surface area contributed by atoms with E-state index < -0.39 is 5.97 Å². The molecule has 3 aromatic carbocycles. The summed E-state index contributed by atoms with van der Waals surface area (Å²) in [4.78, 5) is 39.4. The molecule has 0 fully saturated rings. The lowest BCUT2D eigenvalue weighted by Gasteiger charge is -2.25. The van der Waals surface area contributed by atoms with Crippen molar-refractivity contribution in [2.24, 2.45) is 0 Å². The fraction of sp³-hybridized carbons (Fsp3) is 0.233. The highest BCUT2D eigenvalue weighted by Crippen LogP contribution is 2.38. The lowest BCUT2D eigenvalue weighted by molar-refractivity contribution is -0.116. The Labute approximate surface area is 222 Å². The number of rotatable bonds is 9. The molecular weight excluding hydrogens is 480 g/mol. The zero-order chi connectivity index (χ0) is 27.2. The van der Waals surface area contributed by atoms with Crippen LogP contribution in [0.25, 0.3) is 11.3 Å². The molecule has 1 aliphatic heterocycles. The molecule has 0 radical (unpaired) electrons. The van der Waals surface area contributed by atoms with Gasteiger partial charge in [-0.25, -0.2) is 4.79 Å². The lowest BCUT2D eigenvalue weighted by atomic mass is 9.99. The first-order valence-corrected chi connectivity index (χ1v) is 12.6. The minimum atomic E-state index is -0.438. The number of esters is 1. The van der Waals surface area contributed by atoms with Gasteiger partial charge in [0.15, 0.2) is 0 Å². The Balaban J connectivity index is 1.72. The topological polar surface area (TPSA) is 99.8 Å². The highest BCUT2D eigenvalue weighted by molar-refractivity contribution is 6.37. The second-order valence-corrected chi connectivity index (χ2v) is 9.04. The molecule has 0 saturated heterocycles. The largest absolute Gasteiger partial charge is 0.462 e. The van der Waals surface area contributed by atoms with E-state index in [1.165, 1.54) is 0 Å². The second-order valence-electron chi connectivity index (χ2n) is 9.04. The van der Waals surface area contributed by atoms with Crippen LogP contribution in [0.4, 0.5) is 17.1 Å². The first-order chi connectivity index (χ1) is 18.3. The van der Waals surface area contributed by atoms with Crippen LogP contribution in [0.5, 0.6) is 0 Å². The number of likely N-dealkylation sites (N-methyl/N-ethyl adjacent to an activating group) is 1. The molecule has 0 bridgehead atoms. The van der Waals surface area contributed by atoms with E-state index in [0.717, 1.165) is 16.9 Å². The van der Waals surface area contributed by atoms with Crippen molar-refractivity contribution >= 4 is 46.1 Å². The lowest BCUT2D eigenvalue weighted by Crippen LogP contribution is -2.40. The highest BCUT2D eigenvalue weighted by atomic mass is 16.5. The van der Waals surface area contributed by atoms with E-state index in [1.54, 1.807) is 36.9 Å². The SMILES string of the molecule is CCOC(=O)c1ccc2c(c1)NC(=O)/C2=C(\Nc1ccc(N(CC(C)NC)C(C)=O)cc1)c1ccccc1. The molecular formula is C30H32N4O4. The number of ether oxygens (including phenoxy) is 1. The molecule has 4 rings (SSSR count). The van der Waals surface area contributed by atoms with Gasteiger partial charge in [0.25, 0.3) is 5.91 Å². The van der Waals surface area contributed by atoms with Crippen LogP contribution in [-0.2, 0) is 14.3 Å². The number of amides is 2. The molecule has 8 heteroatoms. The zero-order valence-electron chi connectivity index (χ0n) is 22.0. The van der Waals surface area contributed by atoms with E-state index in [1.807, 2.05) is 68.6 Å². The minimum absolute atomic E-state index is 0.0404. The Morgan fingerprint density at radius 3 is 2.34 bits per heavy atom. The predicted molar refractivity (Wildman–Crippen MR) is 151 cm³/mol. The number of hydrogen-bond donors (Lipinski definition) is 3. The van der Waals surface area contributed by atoms with Crippen molar-refractivity contribution in [2.75, 3.05) is 35.7 Å². The summed E-state index contributed by atoms with van der Waals surface area (Å²) < 4.78 is 5.10. The van der Waals surface area contributed by atoms with Gasteiger partial charge in [0.2, 0.25) is 5.91 Å². The maximum absolute atomic E-state index is 13.2. The van der Waals surface area contributed by atoms with Crippen molar-refractivity contribution < 1.29 is 19.1 Å². The Morgan fingerprint density at radius 2 is 1.71 bits per heavy atom. The van der Waals surface area contributed by atoms with Gasteiger partial charge in [0.1, 0.15) is 0 Å². The van der Waals surface area contributed by atoms with Gasteiger partial charge in [-0.2, -0.15) is 0 Å². The normalized spacial score (nSPS) is 14.3.